The van der Waals surface area contributed by atoms with Crippen molar-refractivity contribution in [1.29, 1.82) is 0 Å². The van der Waals surface area contributed by atoms with Crippen LogP contribution in [0.15, 0.2) is 24.3 Å². The highest BCUT2D eigenvalue weighted by Gasteiger charge is 2.34. The molecule has 1 aromatic rings. The third-order valence-electron chi connectivity index (χ3n) is 5.54. The summed E-state index contributed by atoms with van der Waals surface area (Å²) in [4.78, 5) is 28.5. The molecule has 0 aromatic heterocycles. The van der Waals surface area contributed by atoms with Crippen LogP contribution in [-0.4, -0.2) is 42.4 Å². The number of carbonyl (C=O) groups is 2. The lowest BCUT2D eigenvalue weighted by molar-refractivity contribution is -0.135. The lowest BCUT2D eigenvalue weighted by Crippen LogP contribution is -2.52. The first kappa shape index (κ1) is 16.8. The summed E-state index contributed by atoms with van der Waals surface area (Å²) in [6, 6.07) is 8.15. The van der Waals surface area contributed by atoms with Gasteiger partial charge in [-0.2, -0.15) is 0 Å². The van der Waals surface area contributed by atoms with Gasteiger partial charge < -0.3 is 15.5 Å². The van der Waals surface area contributed by atoms with Gasteiger partial charge in [0.05, 0.1) is 5.92 Å². The van der Waals surface area contributed by atoms with Crippen LogP contribution in [0, 0.1) is 5.92 Å². The Morgan fingerprint density at radius 1 is 1.21 bits per heavy atom. The molecule has 2 heterocycles. The summed E-state index contributed by atoms with van der Waals surface area (Å²) in [5.41, 5.74) is 7.92. The zero-order valence-electron chi connectivity index (χ0n) is 14.6. The molecule has 0 spiro atoms. The molecule has 0 saturated carbocycles. The van der Waals surface area contributed by atoms with Gasteiger partial charge >= 0.3 is 0 Å². The van der Waals surface area contributed by atoms with Gasteiger partial charge in [0.2, 0.25) is 11.8 Å². The molecule has 1 fully saturated rings. The zero-order chi connectivity index (χ0) is 17.3. The topological polar surface area (TPSA) is 66.6 Å². The number of benzene rings is 1. The fourth-order valence-corrected chi connectivity index (χ4v) is 3.98. The zero-order valence-corrected chi connectivity index (χ0v) is 14.6. The number of likely N-dealkylation sites (tertiary alicyclic amines) is 1. The minimum Gasteiger partial charge on any atom is -0.369 e. The quantitative estimate of drug-likeness (QED) is 0.923. The second kappa shape index (κ2) is 6.83. The van der Waals surface area contributed by atoms with E-state index >= 15 is 0 Å². The van der Waals surface area contributed by atoms with Gasteiger partial charge in [-0.1, -0.05) is 25.1 Å². The highest BCUT2D eigenvalue weighted by atomic mass is 16.2. The largest absolute Gasteiger partial charge is 0.369 e. The average molecular weight is 329 g/mol. The van der Waals surface area contributed by atoms with Crippen LogP contribution in [0.3, 0.4) is 0 Å². The van der Waals surface area contributed by atoms with E-state index in [9.17, 15) is 9.59 Å². The van der Waals surface area contributed by atoms with Crippen LogP contribution < -0.4 is 10.6 Å². The molecular weight excluding hydrogens is 302 g/mol. The number of fused-ring (bicyclic) bond motifs is 1. The maximum Gasteiger partial charge on any atom is 0.245 e. The number of nitrogens with zero attached hydrogens (tertiary/aromatic N) is 2. The number of amides is 2. The molecule has 5 heteroatoms. The van der Waals surface area contributed by atoms with Crippen molar-refractivity contribution >= 4 is 17.5 Å². The van der Waals surface area contributed by atoms with Gasteiger partial charge in [-0.05, 0) is 43.7 Å². The summed E-state index contributed by atoms with van der Waals surface area (Å²) >= 11 is 0. The highest BCUT2D eigenvalue weighted by molar-refractivity contribution is 5.86. The number of nitrogens with two attached hydrogens (primary N) is 1. The summed E-state index contributed by atoms with van der Waals surface area (Å²) in [6.07, 6.45) is 2.69. The second-order valence-corrected chi connectivity index (χ2v) is 7.14. The van der Waals surface area contributed by atoms with Crippen LogP contribution in [-0.2, 0) is 9.59 Å². The first-order chi connectivity index (χ1) is 11.5. The number of hydrogen-bond acceptors (Lipinski definition) is 3. The molecule has 2 aliphatic rings. The van der Waals surface area contributed by atoms with Crippen molar-refractivity contribution in [2.45, 2.75) is 45.1 Å². The molecule has 3 rings (SSSR count). The van der Waals surface area contributed by atoms with E-state index in [0.717, 1.165) is 32.4 Å². The smallest absolute Gasteiger partial charge is 0.245 e. The van der Waals surface area contributed by atoms with Gasteiger partial charge in [0.15, 0.2) is 0 Å². The van der Waals surface area contributed by atoms with Crippen LogP contribution in [0.2, 0.25) is 0 Å². The van der Waals surface area contributed by atoms with E-state index in [1.807, 2.05) is 17.9 Å². The predicted octanol–water partition coefficient (Wildman–Crippen LogP) is 2.11. The molecule has 5 nitrogen and oxygen atoms in total. The Balaban J connectivity index is 1.77. The van der Waals surface area contributed by atoms with E-state index in [1.165, 1.54) is 11.3 Å². The van der Waals surface area contributed by atoms with E-state index in [2.05, 4.69) is 30.0 Å². The first-order valence-electron chi connectivity index (χ1n) is 8.92. The van der Waals surface area contributed by atoms with E-state index in [1.54, 1.807) is 0 Å². The molecule has 1 saturated heterocycles. The third-order valence-corrected chi connectivity index (χ3v) is 5.54. The number of hydrogen-bond donors (Lipinski definition) is 1. The van der Waals surface area contributed by atoms with Crippen molar-refractivity contribution in [3.05, 3.63) is 29.8 Å². The minimum absolute atomic E-state index is 0.102. The molecule has 2 amide bonds. The molecule has 0 bridgehead atoms. The Hall–Kier alpha value is -2.04. The number of para-hydroxylation sites is 1. The summed E-state index contributed by atoms with van der Waals surface area (Å²) in [6.45, 7) is 6.29. The summed E-state index contributed by atoms with van der Waals surface area (Å²) in [5.74, 6) is 0.125. The Bertz CT molecular complexity index is 631. The monoisotopic (exact) mass is 329 g/mol. The molecule has 0 unspecified atom stereocenters. The SMILES string of the molecule is C[C@@H]1CCN([C@@H](C)C(=O)N2CCC[C@@H](C(N)=O)C2)c2ccccc21. The van der Waals surface area contributed by atoms with Crippen molar-refractivity contribution in [2.75, 3.05) is 24.5 Å². The molecule has 1 aromatic carbocycles. The third kappa shape index (κ3) is 3.12. The molecule has 24 heavy (non-hydrogen) atoms. The van der Waals surface area contributed by atoms with Crippen LogP contribution in [0.4, 0.5) is 5.69 Å². The van der Waals surface area contributed by atoms with Crippen molar-refractivity contribution in [3.8, 4) is 0 Å². The van der Waals surface area contributed by atoms with Crippen molar-refractivity contribution in [2.24, 2.45) is 11.7 Å². The minimum atomic E-state index is -0.294. The molecule has 2 aliphatic heterocycles. The summed E-state index contributed by atoms with van der Waals surface area (Å²) < 4.78 is 0. The van der Waals surface area contributed by atoms with Gasteiger partial charge in [-0.15, -0.1) is 0 Å². The number of piperidine rings is 1. The van der Waals surface area contributed by atoms with E-state index in [0.29, 0.717) is 12.5 Å². The standard InChI is InChI=1S/C19H27N3O2/c1-13-9-11-22(17-8-4-3-7-16(13)17)14(2)19(24)21-10-5-6-15(12-21)18(20)23/h3-4,7-8,13-15H,5-6,9-12H2,1-2H3,(H2,20,23)/t13-,14+,15-/m1/s1. The van der Waals surface area contributed by atoms with Gasteiger partial charge in [-0.25, -0.2) is 0 Å². The molecule has 0 radical (unpaired) electrons. The van der Waals surface area contributed by atoms with Crippen LogP contribution in [0.1, 0.15) is 44.6 Å². The fourth-order valence-electron chi connectivity index (χ4n) is 3.98. The molecule has 0 aliphatic carbocycles. The predicted molar refractivity (Wildman–Crippen MR) is 94.8 cm³/mol. The summed E-state index contributed by atoms with van der Waals surface area (Å²) in [7, 11) is 0. The van der Waals surface area contributed by atoms with Crippen LogP contribution in [0.25, 0.3) is 0 Å². The number of anilines is 1. The highest BCUT2D eigenvalue weighted by Crippen LogP contribution is 2.36. The van der Waals surface area contributed by atoms with Crippen LogP contribution >= 0.6 is 0 Å². The maximum atomic E-state index is 13.0. The molecule has 130 valence electrons. The van der Waals surface area contributed by atoms with E-state index in [4.69, 9.17) is 5.73 Å². The average Bonchev–Trinajstić information content (AvgIpc) is 2.61. The Morgan fingerprint density at radius 3 is 2.71 bits per heavy atom. The number of primary amides is 1. The van der Waals surface area contributed by atoms with Crippen molar-refractivity contribution in [3.63, 3.8) is 0 Å². The van der Waals surface area contributed by atoms with Gasteiger partial charge in [0.1, 0.15) is 6.04 Å². The normalized spacial score (nSPS) is 25.1. The van der Waals surface area contributed by atoms with Crippen molar-refractivity contribution < 1.29 is 9.59 Å². The Morgan fingerprint density at radius 2 is 1.96 bits per heavy atom. The van der Waals surface area contributed by atoms with E-state index < -0.39 is 0 Å². The van der Waals surface area contributed by atoms with Gasteiger partial charge in [0, 0.05) is 25.3 Å². The van der Waals surface area contributed by atoms with Crippen LogP contribution in [0.5, 0.6) is 0 Å². The first-order valence-corrected chi connectivity index (χ1v) is 8.92. The molecule has 2 N–H and O–H groups in total. The second-order valence-electron chi connectivity index (χ2n) is 7.14. The lowest BCUT2D eigenvalue weighted by Gasteiger charge is -2.41. The van der Waals surface area contributed by atoms with E-state index in [-0.39, 0.29) is 23.8 Å². The lowest BCUT2D eigenvalue weighted by atomic mass is 9.90. The Kier molecular flexibility index (Phi) is 4.78. The number of carbonyl (C=O) groups excluding carboxylic acids is 2. The van der Waals surface area contributed by atoms with Gasteiger partial charge in [0.25, 0.3) is 0 Å². The Labute approximate surface area is 143 Å². The summed E-state index contributed by atoms with van der Waals surface area (Å²) in [5, 5.41) is 0. The molecule has 3 atom stereocenters. The maximum absolute atomic E-state index is 13.0. The van der Waals surface area contributed by atoms with Crippen molar-refractivity contribution in [1.82, 2.24) is 4.90 Å². The number of rotatable bonds is 3. The molecular formula is C19H27N3O2. The van der Waals surface area contributed by atoms with Gasteiger partial charge in [-0.3, -0.25) is 9.59 Å². The fraction of sp³-hybridized carbons (Fsp3) is 0.579.